The maximum absolute atomic E-state index is 10.3. The number of carboxylic acids is 1. The molecule has 2 N–H and O–H groups in total. The molecule has 0 unspecified atom stereocenters. The summed E-state index contributed by atoms with van der Waals surface area (Å²) in [6.45, 7) is 2.23. The average molecular weight is 337 g/mol. The maximum atomic E-state index is 10.3. The number of aliphatic carboxylic acids is 1. The number of rotatable bonds is 14. The van der Waals surface area contributed by atoms with Gasteiger partial charge in [0.2, 0.25) is 0 Å². The van der Waals surface area contributed by atoms with Crippen LogP contribution >= 0.6 is 0 Å². The van der Waals surface area contributed by atoms with E-state index in [4.69, 9.17) is 10.2 Å². The van der Waals surface area contributed by atoms with Crippen molar-refractivity contribution in [2.75, 3.05) is 7.11 Å². The smallest absolute Gasteiger partial charge is 0.303 e. The summed E-state index contributed by atoms with van der Waals surface area (Å²) in [7, 11) is 1.00. The third-order valence-corrected chi connectivity index (χ3v) is 3.22. The first-order chi connectivity index (χ1) is 11.8. The van der Waals surface area contributed by atoms with Gasteiger partial charge in [0.25, 0.3) is 0 Å². The minimum Gasteiger partial charge on any atom is -0.481 e. The number of carbonyl (C=O) groups is 1. The van der Waals surface area contributed by atoms with E-state index < -0.39 is 5.97 Å². The first-order valence-corrected chi connectivity index (χ1v) is 9.03. The molecule has 0 fully saturated rings. The predicted octanol–water partition coefficient (Wildman–Crippen LogP) is 5.83. The van der Waals surface area contributed by atoms with Gasteiger partial charge in [0.05, 0.1) is 0 Å². The Morgan fingerprint density at radius 2 is 1.12 bits per heavy atom. The summed E-state index contributed by atoms with van der Waals surface area (Å²) in [5.41, 5.74) is 0. The van der Waals surface area contributed by atoms with Crippen molar-refractivity contribution < 1.29 is 15.0 Å². The highest BCUT2D eigenvalue weighted by Crippen LogP contribution is 2.01. The van der Waals surface area contributed by atoms with Gasteiger partial charge in [-0.2, -0.15) is 0 Å². The lowest BCUT2D eigenvalue weighted by atomic mass is 10.2. The van der Waals surface area contributed by atoms with Gasteiger partial charge in [0.1, 0.15) is 0 Å². The van der Waals surface area contributed by atoms with Crippen molar-refractivity contribution in [2.45, 2.75) is 71.1 Å². The molecule has 0 saturated carbocycles. The zero-order valence-electron chi connectivity index (χ0n) is 15.5. The largest absolute Gasteiger partial charge is 0.481 e. The monoisotopic (exact) mass is 336 g/mol. The minimum atomic E-state index is -0.712. The molecule has 0 atom stereocenters. The highest BCUT2D eigenvalue weighted by molar-refractivity contribution is 5.66. The van der Waals surface area contributed by atoms with Gasteiger partial charge in [-0.1, -0.05) is 68.4 Å². The third-order valence-electron chi connectivity index (χ3n) is 3.22. The topological polar surface area (TPSA) is 57.5 Å². The summed E-state index contributed by atoms with van der Waals surface area (Å²) in [5.74, 6) is -0.712. The van der Waals surface area contributed by atoms with Crippen LogP contribution in [0.15, 0.2) is 48.6 Å². The summed E-state index contributed by atoms with van der Waals surface area (Å²) >= 11 is 0. The lowest BCUT2D eigenvalue weighted by molar-refractivity contribution is -0.137. The molecular weight excluding hydrogens is 300 g/mol. The van der Waals surface area contributed by atoms with Crippen LogP contribution in [0.2, 0.25) is 0 Å². The lowest BCUT2D eigenvalue weighted by Crippen LogP contribution is -1.92. The second-order valence-corrected chi connectivity index (χ2v) is 5.37. The van der Waals surface area contributed by atoms with E-state index in [9.17, 15) is 4.79 Å². The molecule has 3 nitrogen and oxygen atoms in total. The number of aliphatic hydroxyl groups excluding tert-OH is 1. The number of carboxylic acid groups (broad SMARTS) is 1. The van der Waals surface area contributed by atoms with Gasteiger partial charge in [-0.3, -0.25) is 4.79 Å². The highest BCUT2D eigenvalue weighted by atomic mass is 16.4. The van der Waals surface area contributed by atoms with Gasteiger partial charge in [-0.15, -0.1) is 0 Å². The molecule has 0 aliphatic heterocycles. The lowest BCUT2D eigenvalue weighted by Gasteiger charge is -1.90. The van der Waals surface area contributed by atoms with Crippen molar-refractivity contribution in [2.24, 2.45) is 0 Å². The van der Waals surface area contributed by atoms with Gasteiger partial charge in [-0.25, -0.2) is 0 Å². The van der Waals surface area contributed by atoms with Crippen LogP contribution in [0.25, 0.3) is 0 Å². The fraction of sp³-hybridized carbons (Fsp3) is 0.571. The van der Waals surface area contributed by atoms with Gasteiger partial charge < -0.3 is 10.2 Å². The minimum absolute atomic E-state index is 0.262. The van der Waals surface area contributed by atoms with Crippen LogP contribution in [0.3, 0.4) is 0 Å². The number of allylic oxidation sites excluding steroid dienone is 8. The fourth-order valence-electron chi connectivity index (χ4n) is 1.93. The predicted molar refractivity (Wildman–Crippen MR) is 104 cm³/mol. The van der Waals surface area contributed by atoms with E-state index in [-0.39, 0.29) is 6.42 Å². The molecule has 0 saturated heterocycles. The zero-order valence-corrected chi connectivity index (χ0v) is 15.5. The van der Waals surface area contributed by atoms with Crippen LogP contribution in [0.4, 0.5) is 0 Å². The van der Waals surface area contributed by atoms with Crippen LogP contribution in [-0.4, -0.2) is 23.3 Å². The number of hydrogen-bond donors (Lipinski definition) is 2. The van der Waals surface area contributed by atoms with Gasteiger partial charge >= 0.3 is 5.97 Å². The Bertz CT molecular complexity index is 365. The second-order valence-electron chi connectivity index (χ2n) is 5.37. The molecule has 0 spiro atoms. The third kappa shape index (κ3) is 25.3. The van der Waals surface area contributed by atoms with Gasteiger partial charge in [0, 0.05) is 13.5 Å². The number of aliphatic hydroxyl groups is 1. The molecule has 0 heterocycles. The molecule has 138 valence electrons. The summed E-state index contributed by atoms with van der Waals surface area (Å²) in [4.78, 5) is 10.3. The molecular formula is C21H36O3. The molecule has 24 heavy (non-hydrogen) atoms. The standard InChI is InChI=1S/C20H32O2.CH4O/c1-2-3-4-5-6-7-8-9-10-11-12-13-14-15-16-17-18-19-20(21)22;1-2/h6-7,9-10,12-13,15-16H,2-5,8,11,14,17-19H2,1H3,(H,21,22);2H,1H3/b7-6-,10-9-,13-12-,16-15-;. The summed E-state index contributed by atoms with van der Waals surface area (Å²) < 4.78 is 0. The Hall–Kier alpha value is -1.61. The first kappa shape index (κ1) is 24.6. The number of unbranched alkanes of at least 4 members (excludes halogenated alkanes) is 4. The molecule has 0 radical (unpaired) electrons. The van der Waals surface area contributed by atoms with E-state index in [1.807, 2.05) is 0 Å². The Labute approximate surface area is 148 Å². The Kier molecular flexibility index (Phi) is 24.3. The van der Waals surface area contributed by atoms with Crippen LogP contribution in [0, 0.1) is 0 Å². The summed E-state index contributed by atoms with van der Waals surface area (Å²) in [5, 5.41) is 15.5. The first-order valence-electron chi connectivity index (χ1n) is 9.03. The number of hydrogen-bond acceptors (Lipinski definition) is 2. The van der Waals surface area contributed by atoms with Crippen LogP contribution in [0.5, 0.6) is 0 Å². The Morgan fingerprint density at radius 1 is 0.708 bits per heavy atom. The molecule has 0 aromatic rings. The van der Waals surface area contributed by atoms with Gasteiger partial charge in [0.15, 0.2) is 0 Å². The Morgan fingerprint density at radius 3 is 1.54 bits per heavy atom. The van der Waals surface area contributed by atoms with Crippen LogP contribution in [-0.2, 0) is 4.79 Å². The van der Waals surface area contributed by atoms with E-state index in [1.165, 1.54) is 25.7 Å². The Balaban J connectivity index is 0. The molecule has 0 rings (SSSR count). The molecule has 0 amide bonds. The quantitative estimate of drug-likeness (QED) is 0.310. The molecule has 0 aromatic heterocycles. The zero-order chi connectivity index (χ0) is 18.3. The summed E-state index contributed by atoms with van der Waals surface area (Å²) in [6.07, 6.45) is 27.3. The SMILES string of the molecule is CCCCC/C=C\C/C=C\C/C=C\C/C=C\CCCC(=O)O.CO. The van der Waals surface area contributed by atoms with Gasteiger partial charge in [-0.05, 0) is 44.9 Å². The van der Waals surface area contributed by atoms with Crippen molar-refractivity contribution in [3.8, 4) is 0 Å². The van der Waals surface area contributed by atoms with E-state index in [0.717, 1.165) is 39.2 Å². The van der Waals surface area contributed by atoms with E-state index in [2.05, 4.69) is 55.5 Å². The van der Waals surface area contributed by atoms with Crippen molar-refractivity contribution in [1.82, 2.24) is 0 Å². The highest BCUT2D eigenvalue weighted by Gasteiger charge is 1.92. The summed E-state index contributed by atoms with van der Waals surface area (Å²) in [6, 6.07) is 0. The van der Waals surface area contributed by atoms with Crippen molar-refractivity contribution >= 4 is 5.97 Å². The maximum Gasteiger partial charge on any atom is 0.303 e. The van der Waals surface area contributed by atoms with Crippen molar-refractivity contribution in [3.05, 3.63) is 48.6 Å². The molecule has 3 heteroatoms. The van der Waals surface area contributed by atoms with E-state index in [1.54, 1.807) is 0 Å². The fourth-order valence-corrected chi connectivity index (χ4v) is 1.93. The van der Waals surface area contributed by atoms with E-state index in [0.29, 0.717) is 0 Å². The molecule has 0 aliphatic carbocycles. The molecule has 0 aliphatic rings. The van der Waals surface area contributed by atoms with E-state index >= 15 is 0 Å². The molecule has 0 aromatic carbocycles. The van der Waals surface area contributed by atoms with Crippen molar-refractivity contribution in [1.29, 1.82) is 0 Å². The average Bonchev–Trinajstić information content (AvgIpc) is 2.59. The van der Waals surface area contributed by atoms with Crippen LogP contribution < -0.4 is 0 Å². The van der Waals surface area contributed by atoms with Crippen LogP contribution in [0.1, 0.15) is 71.1 Å². The second kappa shape index (κ2) is 23.7. The molecule has 0 bridgehead atoms. The normalized spacial score (nSPS) is 11.6. The van der Waals surface area contributed by atoms with Crippen molar-refractivity contribution in [3.63, 3.8) is 0 Å².